The molecule has 4 heterocycles. The number of primary amides is 1. The van der Waals surface area contributed by atoms with Crippen LogP contribution in [0.4, 0.5) is 22.0 Å². The van der Waals surface area contributed by atoms with Crippen LogP contribution < -0.4 is 15.5 Å². The number of aromatic nitrogens is 3. The summed E-state index contributed by atoms with van der Waals surface area (Å²) in [5.41, 5.74) is 9.33. The van der Waals surface area contributed by atoms with Crippen LogP contribution in [0, 0.1) is 17.2 Å². The first-order chi connectivity index (χ1) is 19.0. The van der Waals surface area contributed by atoms with Crippen LogP contribution in [-0.4, -0.2) is 51.4 Å². The molecule has 3 amide bonds. The molecular formula is C29H26N8O2. The second-order valence-electron chi connectivity index (χ2n) is 9.86. The van der Waals surface area contributed by atoms with Crippen molar-refractivity contribution in [3.63, 3.8) is 0 Å². The zero-order valence-electron chi connectivity index (χ0n) is 21.2. The lowest BCUT2D eigenvalue weighted by atomic mass is 9.95. The standard InChI is InChI=1S/C29H26N8O2/c30-15-22-14-23(7-10-32-22)37-26-4-2-1-3-21(26)17-36(29(37)39)16-19-8-11-35(12-9-19)28-24-6-5-20(27(31)38)13-25(24)33-18-34-28/h1-7,10,13-14,18-19H,8-9,11-12,16-17H2,(H2,31,38). The van der Waals surface area contributed by atoms with Crippen LogP contribution in [0.25, 0.3) is 10.9 Å². The molecule has 10 heteroatoms. The zero-order chi connectivity index (χ0) is 26.9. The number of nitrogens with two attached hydrogens (primary N) is 1. The van der Waals surface area contributed by atoms with Gasteiger partial charge in [-0.05, 0) is 60.7 Å². The van der Waals surface area contributed by atoms with Gasteiger partial charge in [-0.2, -0.15) is 5.26 Å². The van der Waals surface area contributed by atoms with E-state index in [-0.39, 0.29) is 11.7 Å². The average molecular weight is 519 g/mol. The second kappa shape index (κ2) is 10.0. The number of carbonyl (C=O) groups excluding carboxylic acids is 2. The molecule has 10 nitrogen and oxygen atoms in total. The molecule has 2 aliphatic heterocycles. The first-order valence-electron chi connectivity index (χ1n) is 12.8. The van der Waals surface area contributed by atoms with E-state index in [4.69, 9.17) is 5.73 Å². The van der Waals surface area contributed by atoms with Crippen molar-refractivity contribution < 1.29 is 9.59 Å². The molecule has 2 aromatic heterocycles. The minimum absolute atomic E-state index is 0.0988. The van der Waals surface area contributed by atoms with E-state index in [0.29, 0.717) is 35.8 Å². The van der Waals surface area contributed by atoms with Crippen LogP contribution in [0.5, 0.6) is 0 Å². The summed E-state index contributed by atoms with van der Waals surface area (Å²) in [6.45, 7) is 2.78. The number of nitriles is 1. The summed E-state index contributed by atoms with van der Waals surface area (Å²) in [4.78, 5) is 44.1. The number of hydrogen-bond acceptors (Lipinski definition) is 7. The van der Waals surface area contributed by atoms with E-state index in [0.717, 1.165) is 48.4 Å². The van der Waals surface area contributed by atoms with Gasteiger partial charge in [0.2, 0.25) is 5.91 Å². The lowest BCUT2D eigenvalue weighted by Crippen LogP contribution is -2.48. The number of rotatable bonds is 5. The number of anilines is 3. The van der Waals surface area contributed by atoms with Gasteiger partial charge in [0.1, 0.15) is 23.9 Å². The summed E-state index contributed by atoms with van der Waals surface area (Å²) < 4.78 is 0. The molecule has 2 aliphatic rings. The Morgan fingerprint density at radius 3 is 2.67 bits per heavy atom. The maximum atomic E-state index is 13.8. The number of para-hydroxylation sites is 1. The SMILES string of the molecule is N#Cc1cc(N2C(=O)N(CC3CCN(c4ncnc5cc(C(N)=O)ccc45)CC3)Cc3ccccc32)ccn1. The molecule has 0 aliphatic carbocycles. The fraction of sp³-hybridized carbons (Fsp3) is 0.241. The van der Waals surface area contributed by atoms with Crippen molar-refractivity contribution in [3.8, 4) is 6.07 Å². The molecule has 39 heavy (non-hydrogen) atoms. The van der Waals surface area contributed by atoms with Crippen LogP contribution in [0.1, 0.15) is 34.5 Å². The maximum Gasteiger partial charge on any atom is 0.329 e. The molecular weight excluding hydrogens is 492 g/mol. The summed E-state index contributed by atoms with van der Waals surface area (Å²) in [5, 5.41) is 10.2. The minimum Gasteiger partial charge on any atom is -0.366 e. The molecule has 1 fully saturated rings. The first kappa shape index (κ1) is 24.3. The van der Waals surface area contributed by atoms with Gasteiger partial charge < -0.3 is 15.5 Å². The number of urea groups is 1. The lowest BCUT2D eigenvalue weighted by Gasteiger charge is -2.40. The molecule has 194 valence electrons. The molecule has 0 saturated carbocycles. The highest BCUT2D eigenvalue weighted by atomic mass is 16.2. The summed E-state index contributed by atoms with van der Waals surface area (Å²) in [6, 6.07) is 18.5. The number of amides is 3. The fourth-order valence-corrected chi connectivity index (χ4v) is 5.48. The number of benzene rings is 2. The van der Waals surface area contributed by atoms with E-state index in [1.807, 2.05) is 35.2 Å². The van der Waals surface area contributed by atoms with Gasteiger partial charge in [0.25, 0.3) is 0 Å². The van der Waals surface area contributed by atoms with Gasteiger partial charge in [0.15, 0.2) is 0 Å². The number of pyridine rings is 1. The summed E-state index contributed by atoms with van der Waals surface area (Å²) in [5.74, 6) is 0.689. The third kappa shape index (κ3) is 4.59. The predicted octanol–water partition coefficient (Wildman–Crippen LogP) is 3.99. The van der Waals surface area contributed by atoms with Crippen LogP contribution in [0.15, 0.2) is 67.1 Å². The molecule has 2 N–H and O–H groups in total. The highest BCUT2D eigenvalue weighted by molar-refractivity contribution is 6.02. The Morgan fingerprint density at radius 1 is 1.05 bits per heavy atom. The third-order valence-corrected chi connectivity index (χ3v) is 7.46. The Balaban J connectivity index is 1.19. The van der Waals surface area contributed by atoms with Crippen molar-refractivity contribution in [2.24, 2.45) is 11.7 Å². The van der Waals surface area contributed by atoms with Gasteiger partial charge >= 0.3 is 6.03 Å². The minimum atomic E-state index is -0.485. The normalized spacial score (nSPS) is 15.8. The Labute approximate surface area is 225 Å². The Hall–Kier alpha value is -5.04. The molecule has 0 unspecified atom stereocenters. The van der Waals surface area contributed by atoms with E-state index in [9.17, 15) is 14.9 Å². The van der Waals surface area contributed by atoms with Crippen LogP contribution in [-0.2, 0) is 6.54 Å². The maximum absolute atomic E-state index is 13.8. The van der Waals surface area contributed by atoms with Crippen molar-refractivity contribution in [2.75, 3.05) is 29.4 Å². The molecule has 4 aromatic rings. The van der Waals surface area contributed by atoms with Crippen molar-refractivity contribution in [1.82, 2.24) is 19.9 Å². The zero-order valence-corrected chi connectivity index (χ0v) is 21.2. The van der Waals surface area contributed by atoms with Crippen molar-refractivity contribution in [3.05, 3.63) is 83.9 Å². The predicted molar refractivity (Wildman–Crippen MR) is 146 cm³/mol. The average Bonchev–Trinajstić information content (AvgIpc) is 2.97. The lowest BCUT2D eigenvalue weighted by molar-refractivity contribution is 0.100. The largest absolute Gasteiger partial charge is 0.366 e. The molecule has 0 atom stereocenters. The molecule has 0 spiro atoms. The smallest absolute Gasteiger partial charge is 0.329 e. The quantitative estimate of drug-likeness (QED) is 0.422. The van der Waals surface area contributed by atoms with E-state index < -0.39 is 5.91 Å². The number of piperidine rings is 1. The summed E-state index contributed by atoms with van der Waals surface area (Å²) in [6.07, 6.45) is 4.89. The van der Waals surface area contributed by atoms with Gasteiger partial charge in [0, 0.05) is 43.3 Å². The van der Waals surface area contributed by atoms with Gasteiger partial charge in [-0.3, -0.25) is 9.69 Å². The number of fused-ring (bicyclic) bond motifs is 2. The number of nitrogens with zero attached hydrogens (tertiary/aromatic N) is 7. The van der Waals surface area contributed by atoms with Crippen LogP contribution in [0.2, 0.25) is 0 Å². The van der Waals surface area contributed by atoms with E-state index in [1.54, 1.807) is 35.4 Å². The van der Waals surface area contributed by atoms with Crippen molar-refractivity contribution >= 4 is 40.0 Å². The topological polar surface area (TPSA) is 132 Å². The van der Waals surface area contributed by atoms with E-state index in [1.165, 1.54) is 6.33 Å². The molecule has 0 bridgehead atoms. The molecule has 0 radical (unpaired) electrons. The Bertz CT molecular complexity index is 1620. The van der Waals surface area contributed by atoms with Gasteiger partial charge in [-0.15, -0.1) is 0 Å². The molecule has 2 aromatic carbocycles. The molecule has 6 rings (SSSR count). The summed E-state index contributed by atoms with van der Waals surface area (Å²) >= 11 is 0. The number of carbonyl (C=O) groups is 2. The Morgan fingerprint density at radius 2 is 1.87 bits per heavy atom. The number of hydrogen-bond donors (Lipinski definition) is 1. The van der Waals surface area contributed by atoms with E-state index in [2.05, 4.69) is 25.9 Å². The molecule has 1 saturated heterocycles. The fourth-order valence-electron chi connectivity index (χ4n) is 5.48. The second-order valence-corrected chi connectivity index (χ2v) is 9.86. The van der Waals surface area contributed by atoms with Crippen LogP contribution in [0.3, 0.4) is 0 Å². The van der Waals surface area contributed by atoms with Gasteiger partial charge in [0.05, 0.1) is 16.9 Å². The highest BCUT2D eigenvalue weighted by Gasteiger charge is 2.34. The van der Waals surface area contributed by atoms with Crippen molar-refractivity contribution in [2.45, 2.75) is 19.4 Å². The van der Waals surface area contributed by atoms with Crippen molar-refractivity contribution in [1.29, 1.82) is 5.26 Å². The first-order valence-corrected chi connectivity index (χ1v) is 12.8. The van der Waals surface area contributed by atoms with Gasteiger partial charge in [-0.1, -0.05) is 18.2 Å². The monoisotopic (exact) mass is 518 g/mol. The van der Waals surface area contributed by atoms with Gasteiger partial charge in [-0.25, -0.2) is 19.7 Å². The van der Waals surface area contributed by atoms with Crippen LogP contribution >= 0.6 is 0 Å². The third-order valence-electron chi connectivity index (χ3n) is 7.46. The Kier molecular flexibility index (Phi) is 6.25. The van der Waals surface area contributed by atoms with E-state index >= 15 is 0 Å². The highest BCUT2D eigenvalue weighted by Crippen LogP contribution is 2.36. The summed E-state index contributed by atoms with van der Waals surface area (Å²) in [7, 11) is 0.